The topological polar surface area (TPSA) is 90.1 Å². The summed E-state index contributed by atoms with van der Waals surface area (Å²) in [5.74, 6) is 2.93. The Morgan fingerprint density at radius 3 is 2.62 bits per heavy atom. The van der Waals surface area contributed by atoms with Crippen LogP contribution in [-0.4, -0.2) is 44.5 Å². The van der Waals surface area contributed by atoms with Crippen LogP contribution in [0, 0.1) is 0 Å². The molecule has 2 aliphatic rings. The van der Waals surface area contributed by atoms with E-state index >= 15 is 0 Å². The zero-order chi connectivity index (χ0) is 22.5. The zero-order valence-corrected chi connectivity index (χ0v) is 21.4. The van der Waals surface area contributed by atoms with Crippen LogP contribution in [-0.2, 0) is 16.7 Å². The molecule has 1 aromatic heterocycles. The Bertz CT molecular complexity index is 1110. The maximum absolute atomic E-state index is 5.67. The van der Waals surface area contributed by atoms with Gasteiger partial charge in [0.15, 0.2) is 17.5 Å². The van der Waals surface area contributed by atoms with E-state index in [4.69, 9.17) is 18.6 Å². The number of nitrogens with zero attached hydrogens (tertiary/aromatic N) is 2. The third-order valence-electron chi connectivity index (χ3n) is 6.26. The number of fused-ring (bicyclic) bond motifs is 1. The molecule has 8 nitrogen and oxygen atoms in total. The van der Waals surface area contributed by atoms with Gasteiger partial charge in [0.25, 0.3) is 0 Å². The van der Waals surface area contributed by atoms with Crippen molar-refractivity contribution in [1.29, 1.82) is 0 Å². The van der Waals surface area contributed by atoms with E-state index in [-0.39, 0.29) is 36.2 Å². The molecule has 9 heteroatoms. The maximum atomic E-state index is 5.67. The number of oxazole rings is 1. The highest BCUT2D eigenvalue weighted by Gasteiger charge is 2.36. The van der Waals surface area contributed by atoms with Crippen molar-refractivity contribution in [2.24, 2.45) is 4.99 Å². The average molecular weight is 576 g/mol. The van der Waals surface area contributed by atoms with E-state index in [0.29, 0.717) is 18.4 Å². The summed E-state index contributed by atoms with van der Waals surface area (Å²) in [6.45, 7) is 2.96. The molecule has 0 amide bonds. The van der Waals surface area contributed by atoms with Gasteiger partial charge in [-0.3, -0.25) is 4.99 Å². The third kappa shape index (κ3) is 5.30. The minimum absolute atomic E-state index is 0. The van der Waals surface area contributed by atoms with Crippen molar-refractivity contribution in [3.8, 4) is 23.0 Å². The fourth-order valence-corrected chi connectivity index (χ4v) is 4.31. The lowest BCUT2D eigenvalue weighted by Gasteiger charge is -2.38. The first kappa shape index (κ1) is 24.3. The lowest BCUT2D eigenvalue weighted by molar-refractivity contribution is 0.0513. The highest BCUT2D eigenvalue weighted by atomic mass is 127. The molecule has 3 aromatic rings. The molecule has 0 unspecified atom stereocenters. The molecule has 3 heterocycles. The van der Waals surface area contributed by atoms with Crippen molar-refractivity contribution in [2.45, 2.75) is 24.8 Å². The summed E-state index contributed by atoms with van der Waals surface area (Å²) >= 11 is 0. The minimum Gasteiger partial charge on any atom is -0.454 e. The highest BCUT2D eigenvalue weighted by molar-refractivity contribution is 14.0. The fourth-order valence-electron chi connectivity index (χ4n) is 4.31. The van der Waals surface area contributed by atoms with E-state index in [1.165, 1.54) is 5.56 Å². The quantitative estimate of drug-likeness (QED) is 0.260. The molecule has 34 heavy (non-hydrogen) atoms. The summed E-state index contributed by atoms with van der Waals surface area (Å²) in [6.07, 6.45) is 3.51. The number of rotatable bonds is 6. The Labute approximate surface area is 216 Å². The first-order valence-electron chi connectivity index (χ1n) is 11.2. The lowest BCUT2D eigenvalue weighted by atomic mass is 9.74. The molecule has 2 aromatic carbocycles. The van der Waals surface area contributed by atoms with E-state index in [9.17, 15) is 0 Å². The number of hydrogen-bond acceptors (Lipinski definition) is 6. The molecule has 0 atom stereocenters. The van der Waals surface area contributed by atoms with Crippen molar-refractivity contribution < 1.29 is 18.6 Å². The highest BCUT2D eigenvalue weighted by Crippen LogP contribution is 2.40. The minimum atomic E-state index is -0.0782. The van der Waals surface area contributed by atoms with Gasteiger partial charge in [0.2, 0.25) is 12.7 Å². The van der Waals surface area contributed by atoms with Gasteiger partial charge < -0.3 is 29.3 Å². The smallest absolute Gasteiger partial charge is 0.231 e. The molecule has 0 spiro atoms. The number of aliphatic imine (C=N–C) groups is 1. The Morgan fingerprint density at radius 1 is 1.03 bits per heavy atom. The summed E-state index contributed by atoms with van der Waals surface area (Å²) in [7, 11) is 1.77. The van der Waals surface area contributed by atoms with Crippen LogP contribution in [0.15, 0.2) is 64.2 Å². The monoisotopic (exact) mass is 576 g/mol. The van der Waals surface area contributed by atoms with Crippen molar-refractivity contribution in [1.82, 2.24) is 15.6 Å². The molecule has 0 bridgehead atoms. The predicted molar refractivity (Wildman–Crippen MR) is 140 cm³/mol. The summed E-state index contributed by atoms with van der Waals surface area (Å²) in [5, 5.41) is 6.85. The lowest BCUT2D eigenvalue weighted by Crippen LogP contribution is -2.47. The van der Waals surface area contributed by atoms with Crippen LogP contribution >= 0.6 is 24.0 Å². The van der Waals surface area contributed by atoms with Crippen LogP contribution < -0.4 is 20.1 Å². The first-order valence-corrected chi connectivity index (χ1v) is 11.2. The number of guanidine groups is 1. The molecule has 1 fully saturated rings. The largest absolute Gasteiger partial charge is 0.454 e. The van der Waals surface area contributed by atoms with Gasteiger partial charge in [-0.15, -0.1) is 24.0 Å². The molecule has 0 radical (unpaired) electrons. The number of nitrogens with one attached hydrogen (secondary N) is 2. The fraction of sp³-hybridized carbons (Fsp3) is 0.360. The summed E-state index contributed by atoms with van der Waals surface area (Å²) < 4.78 is 22.4. The SMILES string of the molecule is CN=C(NCc1coc(-c2ccccc2)n1)NCC1(c2ccc3c(c2)OCO3)CCOCC1.I. The standard InChI is InChI=1S/C25H28N4O4.HI/c1-26-24(27-14-20-15-31-23(29-20)18-5-3-2-4-6-18)28-16-25(9-11-30-12-10-25)19-7-8-21-22(13-19)33-17-32-21;/h2-8,13,15H,9-12,14,16-17H2,1H3,(H2,26,27,28);1H. The molecular formula is C25H29IN4O4. The Morgan fingerprint density at radius 2 is 1.82 bits per heavy atom. The second-order valence-electron chi connectivity index (χ2n) is 8.25. The average Bonchev–Trinajstić information content (AvgIpc) is 3.54. The van der Waals surface area contributed by atoms with Crippen LogP contribution in [0.1, 0.15) is 24.1 Å². The van der Waals surface area contributed by atoms with Crippen LogP contribution in [0.4, 0.5) is 0 Å². The number of hydrogen-bond donors (Lipinski definition) is 2. The number of benzene rings is 2. The van der Waals surface area contributed by atoms with Crippen LogP contribution in [0.25, 0.3) is 11.5 Å². The third-order valence-corrected chi connectivity index (χ3v) is 6.26. The Kier molecular flexibility index (Phi) is 7.94. The molecule has 180 valence electrons. The van der Waals surface area contributed by atoms with E-state index in [0.717, 1.165) is 55.4 Å². The summed E-state index contributed by atoms with van der Waals surface area (Å²) in [4.78, 5) is 8.97. The summed E-state index contributed by atoms with van der Waals surface area (Å²) in [6, 6.07) is 16.1. The van der Waals surface area contributed by atoms with Gasteiger partial charge in [-0.1, -0.05) is 24.3 Å². The van der Waals surface area contributed by atoms with Crippen molar-refractivity contribution >= 4 is 29.9 Å². The Balaban J connectivity index is 0.00000274. The van der Waals surface area contributed by atoms with Gasteiger partial charge in [0, 0.05) is 37.8 Å². The van der Waals surface area contributed by atoms with Gasteiger partial charge in [-0.2, -0.15) is 0 Å². The van der Waals surface area contributed by atoms with E-state index < -0.39 is 0 Å². The van der Waals surface area contributed by atoms with Crippen molar-refractivity contribution in [3.05, 3.63) is 66.1 Å². The van der Waals surface area contributed by atoms with E-state index in [1.54, 1.807) is 13.3 Å². The number of aromatic nitrogens is 1. The number of ether oxygens (including phenoxy) is 3. The van der Waals surface area contributed by atoms with Gasteiger partial charge in [-0.05, 0) is 42.7 Å². The van der Waals surface area contributed by atoms with Crippen molar-refractivity contribution in [3.63, 3.8) is 0 Å². The number of halogens is 1. The summed E-state index contributed by atoms with van der Waals surface area (Å²) in [5.41, 5.74) is 2.91. The van der Waals surface area contributed by atoms with Gasteiger partial charge >= 0.3 is 0 Å². The van der Waals surface area contributed by atoms with Gasteiger partial charge in [0.05, 0.1) is 12.2 Å². The molecular weight excluding hydrogens is 547 g/mol. The Hall–Kier alpha value is -2.79. The van der Waals surface area contributed by atoms with Gasteiger partial charge in [-0.25, -0.2) is 4.98 Å². The molecule has 0 aliphatic carbocycles. The molecule has 0 saturated carbocycles. The van der Waals surface area contributed by atoms with E-state index in [2.05, 4.69) is 32.7 Å². The molecule has 1 saturated heterocycles. The molecule has 2 aliphatic heterocycles. The second kappa shape index (κ2) is 11.1. The van der Waals surface area contributed by atoms with E-state index in [1.807, 2.05) is 36.4 Å². The maximum Gasteiger partial charge on any atom is 0.231 e. The molecule has 5 rings (SSSR count). The van der Waals surface area contributed by atoms with Crippen LogP contribution in [0.3, 0.4) is 0 Å². The first-order chi connectivity index (χ1) is 16.3. The second-order valence-corrected chi connectivity index (χ2v) is 8.25. The normalized spacial score (nSPS) is 16.6. The van der Waals surface area contributed by atoms with Crippen LogP contribution in [0.2, 0.25) is 0 Å². The van der Waals surface area contributed by atoms with Gasteiger partial charge in [0.1, 0.15) is 6.26 Å². The zero-order valence-electron chi connectivity index (χ0n) is 19.1. The molecule has 2 N–H and O–H groups in total. The predicted octanol–water partition coefficient (Wildman–Crippen LogP) is 4.10. The van der Waals surface area contributed by atoms with Crippen LogP contribution in [0.5, 0.6) is 11.5 Å². The van der Waals surface area contributed by atoms with Crippen molar-refractivity contribution in [2.75, 3.05) is 33.6 Å².